The maximum Gasteiger partial charge on any atom is 0.407 e. The molecule has 0 fully saturated rings. The summed E-state index contributed by atoms with van der Waals surface area (Å²) in [6.07, 6.45) is -0.0325. The Hall–Kier alpha value is -2.57. The third kappa shape index (κ3) is 9.94. The van der Waals surface area contributed by atoms with Crippen LogP contribution in [0, 0.1) is 0 Å². The lowest BCUT2D eigenvalue weighted by atomic mass is 9.87. The van der Waals surface area contributed by atoms with Gasteiger partial charge in [-0.05, 0) is 50.3 Å². The van der Waals surface area contributed by atoms with Crippen molar-refractivity contribution in [3.8, 4) is 0 Å². The van der Waals surface area contributed by atoms with Crippen LogP contribution in [0.5, 0.6) is 0 Å². The summed E-state index contributed by atoms with van der Waals surface area (Å²) in [5.74, 6) is -0.895. The van der Waals surface area contributed by atoms with Crippen molar-refractivity contribution in [1.29, 1.82) is 0 Å². The first-order chi connectivity index (χ1) is 12.9. The molecule has 28 heavy (non-hydrogen) atoms. The Morgan fingerprint density at radius 3 is 2.11 bits per heavy atom. The zero-order valence-corrected chi connectivity index (χ0v) is 17.7. The van der Waals surface area contributed by atoms with Crippen LogP contribution in [0.1, 0.15) is 59.9 Å². The van der Waals surface area contributed by atoms with Gasteiger partial charge < -0.3 is 20.1 Å². The van der Waals surface area contributed by atoms with E-state index < -0.39 is 23.6 Å². The highest BCUT2D eigenvalue weighted by Crippen LogP contribution is 2.23. The Balaban J connectivity index is 2.24. The molecule has 7 heteroatoms. The standard InChI is InChI=1S/C21H32N2O5/c1-20(2,3)15-9-11-16(12-10-15)23-17(24)14-27-18(25)8-7-13-22-19(26)28-21(4,5)6/h9-12H,7-8,13-14H2,1-6H3,(H,22,26)(H,23,24). The lowest BCUT2D eigenvalue weighted by Crippen LogP contribution is -2.33. The number of benzene rings is 1. The SMILES string of the molecule is CC(C)(C)OC(=O)NCCCC(=O)OCC(=O)Nc1ccc(C(C)(C)C)cc1. The maximum absolute atomic E-state index is 11.9. The van der Waals surface area contributed by atoms with Gasteiger partial charge in [0, 0.05) is 18.7 Å². The summed E-state index contributed by atoms with van der Waals surface area (Å²) in [7, 11) is 0. The lowest BCUT2D eigenvalue weighted by molar-refractivity contribution is -0.147. The first-order valence-electron chi connectivity index (χ1n) is 9.40. The molecule has 156 valence electrons. The summed E-state index contributed by atoms with van der Waals surface area (Å²) in [4.78, 5) is 35.0. The monoisotopic (exact) mass is 392 g/mol. The second-order valence-corrected chi connectivity index (χ2v) is 8.57. The summed E-state index contributed by atoms with van der Waals surface area (Å²) >= 11 is 0. The van der Waals surface area contributed by atoms with Crippen LogP contribution in [0.2, 0.25) is 0 Å². The van der Waals surface area contributed by atoms with Crippen LogP contribution in [0.4, 0.5) is 10.5 Å². The van der Waals surface area contributed by atoms with Crippen molar-refractivity contribution in [3.63, 3.8) is 0 Å². The molecule has 7 nitrogen and oxygen atoms in total. The topological polar surface area (TPSA) is 93.7 Å². The minimum Gasteiger partial charge on any atom is -0.456 e. The molecule has 2 N–H and O–H groups in total. The molecule has 0 radical (unpaired) electrons. The van der Waals surface area contributed by atoms with E-state index in [2.05, 4.69) is 31.4 Å². The molecule has 1 aromatic carbocycles. The second kappa shape index (κ2) is 10.1. The van der Waals surface area contributed by atoms with Crippen molar-refractivity contribution < 1.29 is 23.9 Å². The first-order valence-corrected chi connectivity index (χ1v) is 9.40. The van der Waals surface area contributed by atoms with Gasteiger partial charge in [-0.1, -0.05) is 32.9 Å². The van der Waals surface area contributed by atoms with Crippen molar-refractivity contribution in [2.75, 3.05) is 18.5 Å². The minimum atomic E-state index is -0.566. The van der Waals surface area contributed by atoms with E-state index in [0.717, 1.165) is 5.56 Å². The van der Waals surface area contributed by atoms with Crippen molar-refractivity contribution >= 4 is 23.7 Å². The molecule has 0 saturated carbocycles. The first kappa shape index (κ1) is 23.5. The Morgan fingerprint density at radius 2 is 1.57 bits per heavy atom. The van der Waals surface area contributed by atoms with Crippen LogP contribution in [0.3, 0.4) is 0 Å². The van der Waals surface area contributed by atoms with Gasteiger partial charge in [-0.3, -0.25) is 9.59 Å². The summed E-state index contributed by atoms with van der Waals surface area (Å²) in [6, 6.07) is 7.56. The van der Waals surface area contributed by atoms with E-state index in [1.807, 2.05) is 24.3 Å². The van der Waals surface area contributed by atoms with Crippen molar-refractivity contribution in [2.24, 2.45) is 0 Å². The van der Waals surface area contributed by atoms with E-state index in [9.17, 15) is 14.4 Å². The summed E-state index contributed by atoms with van der Waals surface area (Å²) in [5, 5.41) is 5.25. The molecule has 0 aliphatic rings. The summed E-state index contributed by atoms with van der Waals surface area (Å²) in [5.41, 5.74) is 1.28. The number of carbonyl (C=O) groups is 3. The quantitative estimate of drug-likeness (QED) is 0.544. The largest absolute Gasteiger partial charge is 0.456 e. The Labute approximate surface area is 167 Å². The van der Waals surface area contributed by atoms with E-state index in [4.69, 9.17) is 9.47 Å². The normalized spacial score (nSPS) is 11.5. The fourth-order valence-electron chi connectivity index (χ4n) is 2.21. The van der Waals surface area contributed by atoms with Crippen LogP contribution in [-0.4, -0.2) is 36.7 Å². The van der Waals surface area contributed by atoms with E-state index in [-0.39, 0.29) is 25.0 Å². The molecule has 0 aliphatic heterocycles. The molecule has 1 rings (SSSR count). The highest BCUT2D eigenvalue weighted by molar-refractivity contribution is 5.92. The van der Waals surface area contributed by atoms with Gasteiger partial charge in [0.1, 0.15) is 5.60 Å². The van der Waals surface area contributed by atoms with Gasteiger partial charge in [0.15, 0.2) is 6.61 Å². The number of esters is 1. The van der Waals surface area contributed by atoms with E-state index in [0.29, 0.717) is 12.1 Å². The Kier molecular flexibility index (Phi) is 8.47. The van der Waals surface area contributed by atoms with Crippen molar-refractivity contribution in [2.45, 2.75) is 65.4 Å². The van der Waals surface area contributed by atoms with Crippen LogP contribution in [-0.2, 0) is 24.5 Å². The Bertz CT molecular complexity index is 670. The van der Waals surface area contributed by atoms with E-state index >= 15 is 0 Å². The molecule has 0 spiro atoms. The summed E-state index contributed by atoms with van der Waals surface area (Å²) in [6.45, 7) is 11.6. The number of hydrogen-bond acceptors (Lipinski definition) is 5. The zero-order valence-electron chi connectivity index (χ0n) is 17.7. The molecular weight excluding hydrogens is 360 g/mol. The van der Waals surface area contributed by atoms with Crippen molar-refractivity contribution in [1.82, 2.24) is 5.32 Å². The zero-order chi connectivity index (χ0) is 21.4. The lowest BCUT2D eigenvalue weighted by Gasteiger charge is -2.19. The average Bonchev–Trinajstić information content (AvgIpc) is 2.55. The third-order valence-corrected chi connectivity index (χ3v) is 3.62. The van der Waals surface area contributed by atoms with Crippen molar-refractivity contribution in [3.05, 3.63) is 29.8 Å². The van der Waals surface area contributed by atoms with Gasteiger partial charge in [0.2, 0.25) is 0 Å². The van der Waals surface area contributed by atoms with Crippen LogP contribution < -0.4 is 10.6 Å². The number of nitrogens with one attached hydrogen (secondary N) is 2. The van der Waals surface area contributed by atoms with Crippen LogP contribution >= 0.6 is 0 Å². The highest BCUT2D eigenvalue weighted by atomic mass is 16.6. The second-order valence-electron chi connectivity index (χ2n) is 8.57. The van der Waals surface area contributed by atoms with E-state index in [1.54, 1.807) is 20.8 Å². The highest BCUT2D eigenvalue weighted by Gasteiger charge is 2.16. The molecule has 0 bridgehead atoms. The van der Waals surface area contributed by atoms with Gasteiger partial charge in [-0.25, -0.2) is 4.79 Å². The number of alkyl carbamates (subject to hydrolysis) is 1. The minimum absolute atomic E-state index is 0.0381. The molecule has 0 unspecified atom stereocenters. The molecule has 0 saturated heterocycles. The smallest absolute Gasteiger partial charge is 0.407 e. The van der Waals surface area contributed by atoms with Gasteiger partial charge >= 0.3 is 12.1 Å². The van der Waals surface area contributed by atoms with E-state index in [1.165, 1.54) is 0 Å². The van der Waals surface area contributed by atoms with Gasteiger partial charge in [-0.2, -0.15) is 0 Å². The number of ether oxygens (including phenoxy) is 2. The molecular formula is C21H32N2O5. The summed E-state index contributed by atoms with van der Waals surface area (Å²) < 4.78 is 10.0. The number of carbonyl (C=O) groups excluding carboxylic acids is 3. The van der Waals surface area contributed by atoms with Gasteiger partial charge in [0.05, 0.1) is 0 Å². The van der Waals surface area contributed by atoms with Gasteiger partial charge in [0.25, 0.3) is 5.91 Å². The molecule has 2 amide bonds. The van der Waals surface area contributed by atoms with Crippen LogP contribution in [0.15, 0.2) is 24.3 Å². The molecule has 0 atom stereocenters. The molecule has 0 aliphatic carbocycles. The number of anilines is 1. The molecule has 0 heterocycles. The fraction of sp³-hybridized carbons (Fsp3) is 0.571. The Morgan fingerprint density at radius 1 is 0.964 bits per heavy atom. The van der Waals surface area contributed by atoms with Crippen LogP contribution in [0.25, 0.3) is 0 Å². The number of amides is 2. The predicted molar refractivity (Wildman–Crippen MR) is 108 cm³/mol. The predicted octanol–water partition coefficient (Wildman–Crippen LogP) is 3.77. The third-order valence-electron chi connectivity index (χ3n) is 3.62. The van der Waals surface area contributed by atoms with Gasteiger partial charge in [-0.15, -0.1) is 0 Å². The average molecular weight is 392 g/mol. The maximum atomic E-state index is 11.9. The molecule has 0 aromatic heterocycles. The number of rotatable bonds is 7. The number of hydrogen-bond donors (Lipinski definition) is 2. The fourth-order valence-corrected chi connectivity index (χ4v) is 2.21. The molecule has 1 aromatic rings.